The molecular weight excluding hydrogens is 268 g/mol. The Morgan fingerprint density at radius 2 is 2.05 bits per heavy atom. The highest BCUT2D eigenvalue weighted by molar-refractivity contribution is 5.77. The average molecular weight is 286 g/mol. The largest absolute Gasteiger partial charge is 0.484 e. The van der Waals surface area contributed by atoms with Gasteiger partial charge >= 0.3 is 0 Å². The lowest BCUT2D eigenvalue weighted by atomic mass is 10.2. The summed E-state index contributed by atoms with van der Waals surface area (Å²) in [6, 6.07) is 9.10. The fourth-order valence-corrected chi connectivity index (χ4v) is 1.71. The smallest absolute Gasteiger partial charge is 0.258 e. The van der Waals surface area contributed by atoms with E-state index in [0.717, 1.165) is 11.3 Å². The molecule has 0 unspecified atom stereocenters. The van der Waals surface area contributed by atoms with Crippen LogP contribution in [0.15, 0.2) is 36.5 Å². The average Bonchev–Trinajstić information content (AvgIpc) is 2.51. The first-order valence-corrected chi connectivity index (χ1v) is 6.64. The molecule has 2 rings (SSSR count). The minimum atomic E-state index is -0.200. The summed E-state index contributed by atoms with van der Waals surface area (Å²) in [5.41, 5.74) is 7.30. The molecular formula is C15H18N4O2. The van der Waals surface area contributed by atoms with Gasteiger partial charge in [0.1, 0.15) is 11.6 Å². The van der Waals surface area contributed by atoms with E-state index in [9.17, 15) is 4.79 Å². The number of nitrogens with two attached hydrogens (primary N) is 1. The van der Waals surface area contributed by atoms with E-state index in [0.29, 0.717) is 24.7 Å². The number of hydrogen-bond donors (Lipinski definition) is 2. The fourth-order valence-electron chi connectivity index (χ4n) is 1.71. The van der Waals surface area contributed by atoms with Gasteiger partial charge in [-0.3, -0.25) is 4.79 Å². The molecule has 6 heteroatoms. The predicted octanol–water partition coefficient (Wildman–Crippen LogP) is 0.939. The lowest BCUT2D eigenvalue weighted by Gasteiger charge is -2.08. The topological polar surface area (TPSA) is 90.1 Å². The van der Waals surface area contributed by atoms with E-state index in [1.165, 1.54) is 0 Å². The molecule has 0 aliphatic carbocycles. The van der Waals surface area contributed by atoms with Crippen LogP contribution >= 0.6 is 0 Å². The van der Waals surface area contributed by atoms with Crippen LogP contribution in [0.3, 0.4) is 0 Å². The van der Waals surface area contributed by atoms with Gasteiger partial charge in [0.25, 0.3) is 5.91 Å². The third-order valence-corrected chi connectivity index (χ3v) is 2.83. The van der Waals surface area contributed by atoms with Crippen LogP contribution in [0.2, 0.25) is 0 Å². The Morgan fingerprint density at radius 3 is 2.71 bits per heavy atom. The number of nitrogens with zero attached hydrogens (tertiary/aromatic N) is 2. The monoisotopic (exact) mass is 286 g/mol. The molecule has 0 spiro atoms. The van der Waals surface area contributed by atoms with Crippen LogP contribution in [0.5, 0.6) is 5.75 Å². The number of nitrogens with one attached hydrogen (secondary N) is 1. The summed E-state index contributed by atoms with van der Waals surface area (Å²) < 4.78 is 5.39. The van der Waals surface area contributed by atoms with Crippen LogP contribution in [0.4, 0.5) is 0 Å². The van der Waals surface area contributed by atoms with Crippen LogP contribution in [0.1, 0.15) is 17.1 Å². The number of benzene rings is 1. The molecule has 0 fully saturated rings. The van der Waals surface area contributed by atoms with Gasteiger partial charge in [0.05, 0.1) is 12.2 Å². The zero-order chi connectivity index (χ0) is 15.1. The number of carbonyl (C=O) groups excluding carboxylic acids is 1. The normalized spacial score (nSPS) is 10.2. The second-order valence-electron chi connectivity index (χ2n) is 4.51. The van der Waals surface area contributed by atoms with E-state index in [1.807, 2.05) is 12.1 Å². The van der Waals surface area contributed by atoms with Crippen LogP contribution in [-0.4, -0.2) is 22.5 Å². The zero-order valence-corrected chi connectivity index (χ0v) is 11.9. The summed E-state index contributed by atoms with van der Waals surface area (Å²) >= 11 is 0. The first-order chi connectivity index (χ1) is 10.2. The molecule has 2 aromatic rings. The molecule has 1 heterocycles. The Balaban J connectivity index is 1.76. The molecule has 1 aromatic carbocycles. The van der Waals surface area contributed by atoms with Crippen LogP contribution < -0.4 is 15.8 Å². The minimum Gasteiger partial charge on any atom is -0.484 e. The summed E-state index contributed by atoms with van der Waals surface area (Å²) in [5, 5.41) is 2.74. The molecule has 0 saturated carbocycles. The highest BCUT2D eigenvalue weighted by Gasteiger charge is 2.04. The summed E-state index contributed by atoms with van der Waals surface area (Å²) in [4.78, 5) is 19.9. The van der Waals surface area contributed by atoms with Crippen molar-refractivity contribution in [1.29, 1.82) is 0 Å². The standard InChI is InChI=1S/C15H18N4O2/c1-11-17-7-6-13(19-11)9-18-15(20)10-21-14-4-2-12(8-16)3-5-14/h2-7H,8-10,16H2,1H3,(H,18,20). The molecule has 3 N–H and O–H groups in total. The van der Waals surface area contributed by atoms with E-state index in [2.05, 4.69) is 15.3 Å². The van der Waals surface area contributed by atoms with E-state index in [4.69, 9.17) is 10.5 Å². The molecule has 1 amide bonds. The fraction of sp³-hybridized carbons (Fsp3) is 0.267. The van der Waals surface area contributed by atoms with E-state index < -0.39 is 0 Å². The number of carbonyl (C=O) groups is 1. The third-order valence-electron chi connectivity index (χ3n) is 2.83. The third kappa shape index (κ3) is 4.85. The molecule has 0 saturated heterocycles. The van der Waals surface area contributed by atoms with E-state index >= 15 is 0 Å². The number of ether oxygens (including phenoxy) is 1. The van der Waals surface area contributed by atoms with Crippen molar-refractivity contribution in [2.75, 3.05) is 6.61 Å². The lowest BCUT2D eigenvalue weighted by Crippen LogP contribution is -2.28. The van der Waals surface area contributed by atoms with Crippen molar-refractivity contribution >= 4 is 5.91 Å². The van der Waals surface area contributed by atoms with Gasteiger partial charge in [-0.15, -0.1) is 0 Å². The molecule has 1 aromatic heterocycles. The number of hydrogen-bond acceptors (Lipinski definition) is 5. The number of amides is 1. The molecule has 21 heavy (non-hydrogen) atoms. The number of rotatable bonds is 6. The Labute approximate surface area is 123 Å². The Kier molecular flexibility index (Phi) is 5.22. The maximum atomic E-state index is 11.7. The summed E-state index contributed by atoms with van der Waals surface area (Å²) in [6.07, 6.45) is 1.67. The highest BCUT2D eigenvalue weighted by Crippen LogP contribution is 2.11. The van der Waals surface area contributed by atoms with Crippen LogP contribution in [-0.2, 0) is 17.9 Å². The maximum absolute atomic E-state index is 11.7. The molecule has 0 radical (unpaired) electrons. The van der Waals surface area contributed by atoms with Gasteiger partial charge in [0, 0.05) is 12.7 Å². The highest BCUT2D eigenvalue weighted by atomic mass is 16.5. The number of aryl methyl sites for hydroxylation is 1. The molecule has 0 atom stereocenters. The molecule has 0 bridgehead atoms. The Bertz CT molecular complexity index is 599. The summed E-state index contributed by atoms with van der Waals surface area (Å²) in [7, 11) is 0. The minimum absolute atomic E-state index is 0.0357. The second kappa shape index (κ2) is 7.35. The maximum Gasteiger partial charge on any atom is 0.258 e. The summed E-state index contributed by atoms with van der Waals surface area (Å²) in [6.45, 7) is 2.61. The number of aromatic nitrogens is 2. The van der Waals surface area contributed by atoms with E-state index in [-0.39, 0.29) is 12.5 Å². The SMILES string of the molecule is Cc1nccc(CNC(=O)COc2ccc(CN)cc2)n1. The van der Waals surface area contributed by atoms with Gasteiger partial charge < -0.3 is 15.8 Å². The van der Waals surface area contributed by atoms with Crippen molar-refractivity contribution in [3.63, 3.8) is 0 Å². The van der Waals surface area contributed by atoms with E-state index in [1.54, 1.807) is 31.3 Å². The van der Waals surface area contributed by atoms with Crippen molar-refractivity contribution in [3.05, 3.63) is 53.6 Å². The van der Waals surface area contributed by atoms with Gasteiger partial charge in [-0.1, -0.05) is 12.1 Å². The van der Waals surface area contributed by atoms with Gasteiger partial charge in [-0.2, -0.15) is 0 Å². The van der Waals surface area contributed by atoms with Crippen LogP contribution in [0, 0.1) is 6.92 Å². The van der Waals surface area contributed by atoms with Gasteiger partial charge in [-0.25, -0.2) is 9.97 Å². The van der Waals surface area contributed by atoms with Crippen molar-refractivity contribution in [3.8, 4) is 5.75 Å². The zero-order valence-electron chi connectivity index (χ0n) is 11.9. The van der Waals surface area contributed by atoms with Gasteiger partial charge in [0.15, 0.2) is 6.61 Å². The molecule has 0 aliphatic heterocycles. The van der Waals surface area contributed by atoms with Crippen molar-refractivity contribution in [2.24, 2.45) is 5.73 Å². The Hall–Kier alpha value is -2.47. The second-order valence-corrected chi connectivity index (χ2v) is 4.51. The quantitative estimate of drug-likeness (QED) is 0.824. The van der Waals surface area contributed by atoms with Crippen LogP contribution in [0.25, 0.3) is 0 Å². The van der Waals surface area contributed by atoms with Gasteiger partial charge in [-0.05, 0) is 30.7 Å². The Morgan fingerprint density at radius 1 is 1.29 bits per heavy atom. The van der Waals surface area contributed by atoms with Crippen molar-refractivity contribution in [2.45, 2.75) is 20.0 Å². The first kappa shape index (κ1) is 14.9. The van der Waals surface area contributed by atoms with Gasteiger partial charge in [0.2, 0.25) is 0 Å². The summed E-state index contributed by atoms with van der Waals surface area (Å²) in [5.74, 6) is 1.12. The van der Waals surface area contributed by atoms with Crippen molar-refractivity contribution in [1.82, 2.24) is 15.3 Å². The lowest BCUT2D eigenvalue weighted by molar-refractivity contribution is -0.123. The molecule has 6 nitrogen and oxygen atoms in total. The molecule has 110 valence electrons. The molecule has 0 aliphatic rings. The van der Waals surface area contributed by atoms with Crippen molar-refractivity contribution < 1.29 is 9.53 Å². The predicted molar refractivity (Wildman–Crippen MR) is 78.4 cm³/mol. The first-order valence-electron chi connectivity index (χ1n) is 6.64.